The van der Waals surface area contributed by atoms with Gasteiger partial charge in [-0.2, -0.15) is 0 Å². The molecule has 0 bridgehead atoms. The SMILES string of the molecule is COc1c(Cl)cc(Cl)cc1CNC1CCCCNC1=O.Cl. The molecule has 7 heteroatoms. The first kappa shape index (κ1) is 18.4. The van der Waals surface area contributed by atoms with Crippen LogP contribution in [0, 0.1) is 0 Å². The predicted molar refractivity (Wildman–Crippen MR) is 87.8 cm³/mol. The highest BCUT2D eigenvalue weighted by Crippen LogP contribution is 2.32. The summed E-state index contributed by atoms with van der Waals surface area (Å²) in [5.41, 5.74) is 0.849. The van der Waals surface area contributed by atoms with Gasteiger partial charge < -0.3 is 15.4 Å². The van der Waals surface area contributed by atoms with Crippen LogP contribution in [0.1, 0.15) is 24.8 Å². The zero-order chi connectivity index (χ0) is 14.5. The van der Waals surface area contributed by atoms with E-state index in [2.05, 4.69) is 10.6 Å². The van der Waals surface area contributed by atoms with Gasteiger partial charge in [0.05, 0.1) is 18.2 Å². The number of halogens is 3. The van der Waals surface area contributed by atoms with Crippen molar-refractivity contribution in [3.63, 3.8) is 0 Å². The number of methoxy groups -OCH3 is 1. The first-order valence-corrected chi connectivity index (χ1v) is 7.40. The van der Waals surface area contributed by atoms with Crippen molar-refractivity contribution in [2.24, 2.45) is 0 Å². The minimum absolute atomic E-state index is 0. The van der Waals surface area contributed by atoms with E-state index >= 15 is 0 Å². The van der Waals surface area contributed by atoms with Crippen molar-refractivity contribution < 1.29 is 9.53 Å². The van der Waals surface area contributed by atoms with E-state index < -0.39 is 0 Å². The van der Waals surface area contributed by atoms with Gasteiger partial charge in [-0.1, -0.05) is 23.2 Å². The van der Waals surface area contributed by atoms with Gasteiger partial charge >= 0.3 is 0 Å². The number of hydrogen-bond donors (Lipinski definition) is 2. The number of carbonyl (C=O) groups is 1. The third kappa shape index (κ3) is 4.92. The van der Waals surface area contributed by atoms with E-state index in [0.717, 1.165) is 31.4 Å². The lowest BCUT2D eigenvalue weighted by atomic mass is 10.1. The van der Waals surface area contributed by atoms with Crippen LogP contribution in [-0.2, 0) is 11.3 Å². The predicted octanol–water partition coefficient (Wildman–Crippen LogP) is 3.18. The molecule has 0 radical (unpaired) electrons. The summed E-state index contributed by atoms with van der Waals surface area (Å²) < 4.78 is 5.29. The smallest absolute Gasteiger partial charge is 0.237 e. The number of benzene rings is 1. The van der Waals surface area contributed by atoms with Crippen molar-refractivity contribution in [3.05, 3.63) is 27.7 Å². The largest absolute Gasteiger partial charge is 0.495 e. The number of hydrogen-bond acceptors (Lipinski definition) is 3. The first-order chi connectivity index (χ1) is 9.61. The summed E-state index contributed by atoms with van der Waals surface area (Å²) in [7, 11) is 1.57. The lowest BCUT2D eigenvalue weighted by molar-refractivity contribution is -0.122. The first-order valence-electron chi connectivity index (χ1n) is 6.65. The summed E-state index contributed by atoms with van der Waals surface area (Å²) >= 11 is 12.1. The molecule has 1 fully saturated rings. The minimum Gasteiger partial charge on any atom is -0.495 e. The van der Waals surface area contributed by atoms with Gasteiger partial charge in [-0.3, -0.25) is 4.79 Å². The van der Waals surface area contributed by atoms with Crippen LogP contribution in [0.3, 0.4) is 0 Å². The minimum atomic E-state index is -0.181. The molecule has 118 valence electrons. The zero-order valence-corrected chi connectivity index (χ0v) is 14.1. The molecule has 0 saturated carbocycles. The average molecular weight is 354 g/mol. The molecule has 1 amide bonds. The van der Waals surface area contributed by atoms with Gasteiger partial charge in [0.1, 0.15) is 5.75 Å². The molecule has 0 spiro atoms. The fraction of sp³-hybridized carbons (Fsp3) is 0.500. The maximum atomic E-state index is 11.9. The summed E-state index contributed by atoms with van der Waals surface area (Å²) in [6.45, 7) is 1.24. The molecule has 2 rings (SSSR count). The van der Waals surface area contributed by atoms with Crippen LogP contribution in [0.15, 0.2) is 12.1 Å². The van der Waals surface area contributed by atoms with E-state index in [0.29, 0.717) is 22.3 Å². The van der Waals surface area contributed by atoms with Gasteiger partial charge in [0.15, 0.2) is 0 Å². The van der Waals surface area contributed by atoms with E-state index in [-0.39, 0.29) is 24.4 Å². The van der Waals surface area contributed by atoms with E-state index in [9.17, 15) is 4.79 Å². The monoisotopic (exact) mass is 352 g/mol. The highest BCUT2D eigenvalue weighted by molar-refractivity contribution is 6.35. The van der Waals surface area contributed by atoms with Crippen LogP contribution in [0.25, 0.3) is 0 Å². The maximum Gasteiger partial charge on any atom is 0.237 e. The molecule has 21 heavy (non-hydrogen) atoms. The van der Waals surface area contributed by atoms with E-state index in [1.807, 2.05) is 0 Å². The molecule has 1 aromatic carbocycles. The van der Waals surface area contributed by atoms with Crippen LogP contribution in [-0.4, -0.2) is 25.6 Å². The second-order valence-electron chi connectivity index (χ2n) is 4.80. The van der Waals surface area contributed by atoms with Crippen LogP contribution in [0.4, 0.5) is 0 Å². The number of nitrogens with one attached hydrogen (secondary N) is 2. The maximum absolute atomic E-state index is 11.9. The summed E-state index contributed by atoms with van der Waals surface area (Å²) in [5.74, 6) is 0.646. The summed E-state index contributed by atoms with van der Waals surface area (Å²) in [6.07, 6.45) is 2.89. The van der Waals surface area contributed by atoms with Crippen molar-refractivity contribution >= 4 is 41.5 Å². The molecule has 1 heterocycles. The third-order valence-corrected chi connectivity index (χ3v) is 3.86. The lowest BCUT2D eigenvalue weighted by Crippen LogP contribution is -2.42. The molecule has 1 saturated heterocycles. The Kier molecular flexibility index (Phi) is 7.60. The molecule has 1 aliphatic heterocycles. The van der Waals surface area contributed by atoms with E-state index in [1.54, 1.807) is 19.2 Å². The highest BCUT2D eigenvalue weighted by atomic mass is 35.5. The molecule has 0 aromatic heterocycles. The Balaban J connectivity index is 0.00000220. The van der Waals surface area contributed by atoms with Crippen molar-refractivity contribution in [2.75, 3.05) is 13.7 Å². The second-order valence-corrected chi connectivity index (χ2v) is 5.64. The molecular weight excluding hydrogens is 335 g/mol. The number of amides is 1. The molecule has 1 aliphatic rings. The second kappa shape index (κ2) is 8.69. The highest BCUT2D eigenvalue weighted by Gasteiger charge is 2.20. The Bertz CT molecular complexity index is 497. The van der Waals surface area contributed by atoms with Gasteiger partial charge in [-0.15, -0.1) is 12.4 Å². The Morgan fingerprint density at radius 3 is 2.86 bits per heavy atom. The van der Waals surface area contributed by atoms with Crippen molar-refractivity contribution in [1.82, 2.24) is 10.6 Å². The van der Waals surface area contributed by atoms with Gasteiger partial charge in [-0.05, 0) is 31.4 Å². The number of rotatable bonds is 4. The third-order valence-electron chi connectivity index (χ3n) is 3.36. The summed E-state index contributed by atoms with van der Waals surface area (Å²) in [5, 5.41) is 7.17. The fourth-order valence-corrected chi connectivity index (χ4v) is 2.95. The Hall–Kier alpha value is -0.680. The van der Waals surface area contributed by atoms with Gasteiger partial charge in [0.25, 0.3) is 0 Å². The summed E-state index contributed by atoms with van der Waals surface area (Å²) in [4.78, 5) is 11.9. The zero-order valence-electron chi connectivity index (χ0n) is 11.7. The van der Waals surface area contributed by atoms with Crippen molar-refractivity contribution in [1.29, 1.82) is 0 Å². The fourth-order valence-electron chi connectivity index (χ4n) is 2.34. The molecular formula is C14H19Cl3N2O2. The summed E-state index contributed by atoms with van der Waals surface area (Å²) in [6, 6.07) is 3.26. The Labute approximate surface area is 140 Å². The Morgan fingerprint density at radius 1 is 1.38 bits per heavy atom. The lowest BCUT2D eigenvalue weighted by Gasteiger charge is -2.17. The Morgan fingerprint density at radius 2 is 2.14 bits per heavy atom. The van der Waals surface area contributed by atoms with Gasteiger partial charge in [0, 0.05) is 23.7 Å². The van der Waals surface area contributed by atoms with Crippen LogP contribution >= 0.6 is 35.6 Å². The molecule has 2 N–H and O–H groups in total. The number of ether oxygens (including phenoxy) is 1. The number of carbonyl (C=O) groups excluding carboxylic acids is 1. The van der Waals surface area contributed by atoms with Crippen molar-refractivity contribution in [3.8, 4) is 5.75 Å². The van der Waals surface area contributed by atoms with Gasteiger partial charge in [0.2, 0.25) is 5.91 Å². The quantitative estimate of drug-likeness (QED) is 0.874. The topological polar surface area (TPSA) is 50.4 Å². The standard InChI is InChI=1S/C14H18Cl2N2O2.ClH/c1-20-13-9(6-10(15)7-11(13)16)8-18-12-4-2-3-5-17-14(12)19;/h6-7,12,18H,2-5,8H2,1H3,(H,17,19);1H. The van der Waals surface area contributed by atoms with E-state index in [4.69, 9.17) is 27.9 Å². The van der Waals surface area contributed by atoms with Crippen LogP contribution in [0.2, 0.25) is 10.0 Å². The average Bonchev–Trinajstić information content (AvgIpc) is 2.60. The molecule has 1 aromatic rings. The van der Waals surface area contributed by atoms with E-state index in [1.165, 1.54) is 0 Å². The normalized spacial score (nSPS) is 18.4. The molecule has 1 atom stereocenters. The molecule has 0 aliphatic carbocycles. The van der Waals surface area contributed by atoms with Crippen LogP contribution in [0.5, 0.6) is 5.75 Å². The molecule has 1 unspecified atom stereocenters. The van der Waals surface area contributed by atoms with Crippen LogP contribution < -0.4 is 15.4 Å². The van der Waals surface area contributed by atoms with Crippen molar-refractivity contribution in [2.45, 2.75) is 31.8 Å². The van der Waals surface area contributed by atoms with Gasteiger partial charge in [-0.25, -0.2) is 0 Å². The molecule has 4 nitrogen and oxygen atoms in total.